The summed E-state index contributed by atoms with van der Waals surface area (Å²) in [7, 11) is 0. The molecule has 0 amide bonds. The Morgan fingerprint density at radius 1 is 1.40 bits per heavy atom. The molecule has 1 aromatic heterocycles. The molecule has 0 bridgehead atoms. The predicted octanol–water partition coefficient (Wildman–Crippen LogP) is 2.34. The predicted molar refractivity (Wildman–Crippen MR) is 66.1 cm³/mol. The summed E-state index contributed by atoms with van der Waals surface area (Å²) in [5.74, 6) is 0.0399. The third kappa shape index (κ3) is 3.25. The SMILES string of the molecule is CC(N)c1nnnn1-c1ccc(OC(F)(F)F)c(Br)c1. The molecule has 0 fully saturated rings. The molecule has 2 rings (SSSR count). The smallest absolute Gasteiger partial charge is 0.405 e. The van der Waals surface area contributed by atoms with Crippen molar-refractivity contribution in [2.75, 3.05) is 0 Å². The van der Waals surface area contributed by atoms with Gasteiger partial charge in [-0.15, -0.1) is 18.3 Å². The second kappa shape index (κ2) is 5.37. The van der Waals surface area contributed by atoms with E-state index in [0.29, 0.717) is 11.5 Å². The van der Waals surface area contributed by atoms with Gasteiger partial charge in [-0.1, -0.05) is 0 Å². The minimum atomic E-state index is -4.75. The maximum absolute atomic E-state index is 12.2. The molecule has 1 heterocycles. The molecule has 0 spiro atoms. The molecule has 10 heteroatoms. The Kier molecular flexibility index (Phi) is 3.95. The van der Waals surface area contributed by atoms with Crippen LogP contribution in [0.1, 0.15) is 18.8 Å². The summed E-state index contributed by atoms with van der Waals surface area (Å²) in [6.07, 6.45) is -4.75. The molecule has 0 aliphatic carbocycles. The first-order valence-electron chi connectivity index (χ1n) is 5.37. The minimum absolute atomic E-state index is 0.124. The van der Waals surface area contributed by atoms with Crippen molar-refractivity contribution in [1.29, 1.82) is 0 Å². The van der Waals surface area contributed by atoms with Crippen molar-refractivity contribution in [2.24, 2.45) is 5.73 Å². The van der Waals surface area contributed by atoms with Crippen LogP contribution in [0.25, 0.3) is 5.69 Å². The highest BCUT2D eigenvalue weighted by molar-refractivity contribution is 9.10. The van der Waals surface area contributed by atoms with Crippen LogP contribution in [0.4, 0.5) is 13.2 Å². The quantitative estimate of drug-likeness (QED) is 0.918. The molecular formula is C10H9BrF3N5O. The molecule has 0 radical (unpaired) electrons. The zero-order valence-corrected chi connectivity index (χ0v) is 11.7. The maximum Gasteiger partial charge on any atom is 0.573 e. The Labute approximate surface area is 119 Å². The van der Waals surface area contributed by atoms with Gasteiger partial charge in [0.2, 0.25) is 0 Å². The average Bonchev–Trinajstić information content (AvgIpc) is 2.79. The number of nitrogens with zero attached hydrogens (tertiary/aromatic N) is 4. The number of nitrogens with two attached hydrogens (primary N) is 1. The standard InChI is InChI=1S/C10H9BrF3N5O/c1-5(15)9-16-17-18-19(9)6-2-3-8(7(11)4-6)20-10(12,13)14/h2-5H,15H2,1H3. The van der Waals surface area contributed by atoms with Crippen molar-refractivity contribution in [3.05, 3.63) is 28.5 Å². The van der Waals surface area contributed by atoms with Crippen LogP contribution in [0.5, 0.6) is 5.75 Å². The number of tetrazole rings is 1. The molecule has 1 aromatic carbocycles. The Morgan fingerprint density at radius 3 is 2.65 bits per heavy atom. The first-order chi connectivity index (χ1) is 9.28. The molecule has 0 aliphatic rings. The number of hydrogen-bond donors (Lipinski definition) is 1. The normalized spacial score (nSPS) is 13.3. The minimum Gasteiger partial charge on any atom is -0.405 e. The summed E-state index contributed by atoms with van der Waals surface area (Å²) < 4.78 is 41.8. The molecule has 0 saturated carbocycles. The third-order valence-corrected chi connectivity index (χ3v) is 2.91. The second-order valence-corrected chi connectivity index (χ2v) is 4.75. The van der Waals surface area contributed by atoms with Gasteiger partial charge in [0, 0.05) is 0 Å². The van der Waals surface area contributed by atoms with E-state index in [1.807, 2.05) is 0 Å². The van der Waals surface area contributed by atoms with E-state index in [-0.39, 0.29) is 10.2 Å². The van der Waals surface area contributed by atoms with Crippen LogP contribution in [-0.4, -0.2) is 26.6 Å². The van der Waals surface area contributed by atoms with E-state index in [9.17, 15) is 13.2 Å². The van der Waals surface area contributed by atoms with E-state index < -0.39 is 12.4 Å². The van der Waals surface area contributed by atoms with Crippen molar-refractivity contribution in [3.8, 4) is 11.4 Å². The van der Waals surface area contributed by atoms with E-state index >= 15 is 0 Å². The monoisotopic (exact) mass is 351 g/mol. The van der Waals surface area contributed by atoms with Crippen LogP contribution in [0.3, 0.4) is 0 Å². The number of hydrogen-bond acceptors (Lipinski definition) is 5. The van der Waals surface area contributed by atoms with Crippen molar-refractivity contribution in [1.82, 2.24) is 20.2 Å². The molecule has 0 aliphatic heterocycles. The molecular weight excluding hydrogens is 343 g/mol. The molecule has 1 atom stereocenters. The summed E-state index contributed by atoms with van der Waals surface area (Å²) in [6.45, 7) is 1.69. The van der Waals surface area contributed by atoms with E-state index in [1.165, 1.54) is 22.9 Å². The van der Waals surface area contributed by atoms with Gasteiger partial charge in [0.05, 0.1) is 16.2 Å². The van der Waals surface area contributed by atoms with Crippen LogP contribution < -0.4 is 10.5 Å². The first-order valence-corrected chi connectivity index (χ1v) is 6.17. The van der Waals surface area contributed by atoms with Crippen LogP contribution in [0, 0.1) is 0 Å². The fourth-order valence-corrected chi connectivity index (χ4v) is 1.94. The Hall–Kier alpha value is -1.68. The summed E-state index contributed by atoms with van der Waals surface area (Å²) in [5, 5.41) is 11.0. The zero-order chi connectivity index (χ0) is 14.9. The van der Waals surface area contributed by atoms with Gasteiger partial charge in [-0.2, -0.15) is 4.68 Å². The molecule has 1 unspecified atom stereocenters. The molecule has 20 heavy (non-hydrogen) atoms. The molecule has 6 nitrogen and oxygen atoms in total. The topological polar surface area (TPSA) is 78.9 Å². The highest BCUT2D eigenvalue weighted by Crippen LogP contribution is 2.32. The van der Waals surface area contributed by atoms with Crippen LogP contribution >= 0.6 is 15.9 Å². The van der Waals surface area contributed by atoms with E-state index in [0.717, 1.165) is 0 Å². The first kappa shape index (κ1) is 14.7. The van der Waals surface area contributed by atoms with Gasteiger partial charge in [-0.3, -0.25) is 0 Å². The van der Waals surface area contributed by atoms with Gasteiger partial charge in [-0.25, -0.2) is 0 Å². The number of ether oxygens (including phenoxy) is 1. The summed E-state index contributed by atoms with van der Waals surface area (Å²) in [6, 6.07) is 3.55. The average molecular weight is 352 g/mol. The van der Waals surface area contributed by atoms with Gasteiger partial charge in [0.25, 0.3) is 0 Å². The molecule has 2 aromatic rings. The van der Waals surface area contributed by atoms with Crippen molar-refractivity contribution < 1.29 is 17.9 Å². The number of alkyl halides is 3. The van der Waals surface area contributed by atoms with Gasteiger partial charge in [0.15, 0.2) is 5.82 Å². The largest absolute Gasteiger partial charge is 0.573 e. The number of benzene rings is 1. The number of aromatic nitrogens is 4. The molecule has 2 N–H and O–H groups in total. The molecule has 108 valence electrons. The Bertz CT molecular complexity index is 613. The Balaban J connectivity index is 2.36. The summed E-state index contributed by atoms with van der Waals surface area (Å²) >= 11 is 3.01. The van der Waals surface area contributed by atoms with Crippen LogP contribution in [-0.2, 0) is 0 Å². The fraction of sp³-hybridized carbons (Fsp3) is 0.300. The van der Waals surface area contributed by atoms with Crippen molar-refractivity contribution >= 4 is 15.9 Å². The summed E-state index contributed by atoms with van der Waals surface area (Å²) in [4.78, 5) is 0. The summed E-state index contributed by atoms with van der Waals surface area (Å²) in [5.41, 5.74) is 6.16. The van der Waals surface area contributed by atoms with E-state index in [4.69, 9.17) is 5.73 Å². The van der Waals surface area contributed by atoms with Gasteiger partial charge in [-0.05, 0) is 51.5 Å². The fourth-order valence-electron chi connectivity index (χ4n) is 1.49. The van der Waals surface area contributed by atoms with Crippen LogP contribution in [0.15, 0.2) is 22.7 Å². The Morgan fingerprint density at radius 2 is 2.10 bits per heavy atom. The van der Waals surface area contributed by atoms with E-state index in [2.05, 4.69) is 36.2 Å². The maximum atomic E-state index is 12.2. The highest BCUT2D eigenvalue weighted by Gasteiger charge is 2.32. The van der Waals surface area contributed by atoms with Gasteiger partial charge < -0.3 is 10.5 Å². The lowest BCUT2D eigenvalue weighted by molar-refractivity contribution is -0.274. The lowest BCUT2D eigenvalue weighted by Crippen LogP contribution is -2.17. The lowest BCUT2D eigenvalue weighted by atomic mass is 10.3. The zero-order valence-electron chi connectivity index (χ0n) is 10.1. The lowest BCUT2D eigenvalue weighted by Gasteiger charge is -2.12. The highest BCUT2D eigenvalue weighted by atomic mass is 79.9. The number of rotatable bonds is 3. The van der Waals surface area contributed by atoms with E-state index in [1.54, 1.807) is 6.92 Å². The third-order valence-electron chi connectivity index (χ3n) is 2.29. The van der Waals surface area contributed by atoms with Crippen molar-refractivity contribution in [2.45, 2.75) is 19.3 Å². The second-order valence-electron chi connectivity index (χ2n) is 3.90. The molecule has 0 saturated heterocycles. The van der Waals surface area contributed by atoms with Crippen LogP contribution in [0.2, 0.25) is 0 Å². The van der Waals surface area contributed by atoms with Crippen molar-refractivity contribution in [3.63, 3.8) is 0 Å². The number of halogens is 4. The van der Waals surface area contributed by atoms with Gasteiger partial charge >= 0.3 is 6.36 Å². The van der Waals surface area contributed by atoms with Gasteiger partial charge in [0.1, 0.15) is 5.75 Å².